The highest BCUT2D eigenvalue weighted by atomic mass is 32.2. The number of nitrogens with one attached hydrogen (secondary N) is 1. The summed E-state index contributed by atoms with van der Waals surface area (Å²) in [5.74, 6) is 1.76. The van der Waals surface area contributed by atoms with Crippen LogP contribution in [0.3, 0.4) is 0 Å². The topological polar surface area (TPSA) is 29.1 Å². The molecule has 2 nitrogen and oxygen atoms in total. The van der Waals surface area contributed by atoms with Gasteiger partial charge in [0.1, 0.15) is 0 Å². The lowest BCUT2D eigenvalue weighted by atomic mass is 10.3. The largest absolute Gasteiger partial charge is 0.315 e. The Bertz CT molecular complexity index is 148. The van der Waals surface area contributed by atoms with E-state index in [9.17, 15) is 4.21 Å². The van der Waals surface area contributed by atoms with Crippen LogP contribution in [0.15, 0.2) is 0 Å². The van der Waals surface area contributed by atoms with Crippen molar-refractivity contribution in [1.29, 1.82) is 0 Å². The van der Waals surface area contributed by atoms with E-state index < -0.39 is 10.8 Å². The molecule has 0 aliphatic rings. The summed E-state index contributed by atoms with van der Waals surface area (Å²) in [7, 11) is -0.576. The van der Waals surface area contributed by atoms with E-state index in [1.165, 1.54) is 12.8 Å². The van der Waals surface area contributed by atoms with Crippen molar-refractivity contribution >= 4 is 10.8 Å². The predicted molar refractivity (Wildman–Crippen MR) is 65.2 cm³/mol. The highest BCUT2D eigenvalue weighted by molar-refractivity contribution is 7.84. The molecule has 1 atom stereocenters. The molecule has 0 aromatic rings. The molecule has 3 heteroatoms. The van der Waals surface area contributed by atoms with Crippen LogP contribution in [0.4, 0.5) is 0 Å². The van der Waals surface area contributed by atoms with Gasteiger partial charge in [-0.15, -0.1) is 0 Å². The summed E-state index contributed by atoms with van der Waals surface area (Å²) in [5, 5.41) is 3.33. The van der Waals surface area contributed by atoms with Gasteiger partial charge in [-0.05, 0) is 19.4 Å². The van der Waals surface area contributed by atoms with Gasteiger partial charge in [-0.1, -0.05) is 33.6 Å². The van der Waals surface area contributed by atoms with E-state index in [1.807, 2.05) is 0 Å². The summed E-state index contributed by atoms with van der Waals surface area (Å²) >= 11 is 0. The minimum absolute atomic E-state index is 0.545. The number of rotatable bonds is 9. The van der Waals surface area contributed by atoms with Crippen molar-refractivity contribution in [3.63, 3.8) is 0 Å². The fourth-order valence-electron chi connectivity index (χ4n) is 1.24. The molecule has 0 saturated heterocycles. The van der Waals surface area contributed by atoms with Gasteiger partial charge < -0.3 is 5.32 Å². The van der Waals surface area contributed by atoms with Crippen molar-refractivity contribution in [3.05, 3.63) is 0 Å². The van der Waals surface area contributed by atoms with Crippen molar-refractivity contribution in [2.75, 3.05) is 18.1 Å². The van der Waals surface area contributed by atoms with E-state index in [0.29, 0.717) is 6.04 Å². The average Bonchev–Trinajstić information content (AvgIpc) is 2.13. The standard InChI is InChI=1S/C11H25NOS/c1-4-5-6-9-14(13)10-7-8-12-11(2)3/h11-12H,4-10H2,1-3H3. The molecule has 0 spiro atoms. The van der Waals surface area contributed by atoms with Crippen LogP contribution < -0.4 is 5.32 Å². The summed E-state index contributed by atoms with van der Waals surface area (Å²) in [6.45, 7) is 7.45. The molecule has 0 aliphatic heterocycles. The zero-order chi connectivity index (χ0) is 10.8. The fraction of sp³-hybridized carbons (Fsp3) is 1.00. The first-order chi connectivity index (χ1) is 6.66. The Morgan fingerprint density at radius 1 is 1.14 bits per heavy atom. The van der Waals surface area contributed by atoms with Crippen molar-refractivity contribution in [2.45, 2.75) is 52.5 Å². The average molecular weight is 219 g/mol. The van der Waals surface area contributed by atoms with Crippen molar-refractivity contribution < 1.29 is 4.21 Å². The van der Waals surface area contributed by atoms with E-state index >= 15 is 0 Å². The molecule has 0 aliphatic carbocycles. The second-order valence-electron chi connectivity index (χ2n) is 4.02. The van der Waals surface area contributed by atoms with Crippen LogP contribution in [0.2, 0.25) is 0 Å². The first kappa shape index (κ1) is 14.1. The minimum Gasteiger partial charge on any atom is -0.315 e. The lowest BCUT2D eigenvalue weighted by Gasteiger charge is -2.07. The van der Waals surface area contributed by atoms with Crippen LogP contribution >= 0.6 is 0 Å². The number of hydrogen-bond acceptors (Lipinski definition) is 2. The lowest BCUT2D eigenvalue weighted by Crippen LogP contribution is -2.24. The molecule has 0 aromatic carbocycles. The van der Waals surface area contributed by atoms with Crippen LogP contribution in [0.25, 0.3) is 0 Å². The van der Waals surface area contributed by atoms with Gasteiger partial charge in [-0.25, -0.2) is 0 Å². The molecule has 0 fully saturated rings. The first-order valence-electron chi connectivity index (χ1n) is 5.75. The Morgan fingerprint density at radius 3 is 2.36 bits per heavy atom. The second kappa shape index (κ2) is 9.66. The molecule has 0 bridgehead atoms. The highest BCUT2D eigenvalue weighted by Crippen LogP contribution is 1.97. The Labute approximate surface area is 91.3 Å². The molecule has 0 aromatic heterocycles. The van der Waals surface area contributed by atoms with Crippen LogP contribution in [-0.2, 0) is 10.8 Å². The maximum Gasteiger partial charge on any atom is 0.0246 e. The van der Waals surface area contributed by atoms with Gasteiger partial charge >= 0.3 is 0 Å². The Kier molecular flexibility index (Phi) is 9.73. The smallest absolute Gasteiger partial charge is 0.0246 e. The molecule has 0 rings (SSSR count). The predicted octanol–water partition coefficient (Wildman–Crippen LogP) is 2.31. The third-order valence-corrected chi connectivity index (χ3v) is 3.56. The summed E-state index contributed by atoms with van der Waals surface area (Å²) < 4.78 is 11.4. The van der Waals surface area contributed by atoms with Crippen LogP contribution in [0.5, 0.6) is 0 Å². The van der Waals surface area contributed by atoms with Crippen LogP contribution in [0, 0.1) is 0 Å². The minimum atomic E-state index is -0.576. The Balaban J connectivity index is 3.18. The third-order valence-electron chi connectivity index (χ3n) is 2.08. The highest BCUT2D eigenvalue weighted by Gasteiger charge is 1.99. The van der Waals surface area contributed by atoms with Crippen molar-refractivity contribution in [1.82, 2.24) is 5.32 Å². The van der Waals surface area contributed by atoms with Gasteiger partial charge in [-0.3, -0.25) is 4.21 Å². The molecule has 86 valence electrons. The molecule has 0 radical (unpaired) electrons. The maximum absolute atomic E-state index is 11.4. The van der Waals surface area contributed by atoms with Gasteiger partial charge in [0.25, 0.3) is 0 Å². The lowest BCUT2D eigenvalue weighted by molar-refractivity contribution is 0.583. The molecular weight excluding hydrogens is 194 g/mol. The van der Waals surface area contributed by atoms with Gasteiger partial charge in [0.2, 0.25) is 0 Å². The maximum atomic E-state index is 11.4. The van der Waals surface area contributed by atoms with Crippen LogP contribution in [-0.4, -0.2) is 28.3 Å². The van der Waals surface area contributed by atoms with E-state index in [0.717, 1.165) is 30.9 Å². The third kappa shape index (κ3) is 10.2. The SMILES string of the molecule is CCCCCS(=O)CCCNC(C)C. The first-order valence-corrected chi connectivity index (χ1v) is 7.24. The van der Waals surface area contributed by atoms with E-state index in [1.54, 1.807) is 0 Å². The van der Waals surface area contributed by atoms with E-state index in [2.05, 4.69) is 26.1 Å². The summed E-state index contributed by atoms with van der Waals surface area (Å²) in [6.07, 6.45) is 4.60. The van der Waals surface area contributed by atoms with Gasteiger partial charge in [-0.2, -0.15) is 0 Å². The quantitative estimate of drug-likeness (QED) is 0.603. The van der Waals surface area contributed by atoms with Crippen molar-refractivity contribution in [3.8, 4) is 0 Å². The number of hydrogen-bond donors (Lipinski definition) is 1. The molecule has 1 unspecified atom stereocenters. The zero-order valence-corrected chi connectivity index (χ0v) is 10.7. The van der Waals surface area contributed by atoms with Crippen molar-refractivity contribution in [2.24, 2.45) is 0 Å². The zero-order valence-electron chi connectivity index (χ0n) is 9.84. The summed E-state index contributed by atoms with van der Waals surface area (Å²) in [4.78, 5) is 0. The second-order valence-corrected chi connectivity index (χ2v) is 5.71. The molecule has 1 N–H and O–H groups in total. The normalized spacial score (nSPS) is 13.4. The summed E-state index contributed by atoms with van der Waals surface area (Å²) in [5.41, 5.74) is 0. The van der Waals surface area contributed by atoms with Gasteiger partial charge in [0.15, 0.2) is 0 Å². The van der Waals surface area contributed by atoms with Gasteiger partial charge in [0, 0.05) is 28.3 Å². The van der Waals surface area contributed by atoms with Crippen LogP contribution in [0.1, 0.15) is 46.5 Å². The molecule has 0 amide bonds. The fourth-order valence-corrected chi connectivity index (χ4v) is 2.44. The van der Waals surface area contributed by atoms with Gasteiger partial charge in [0.05, 0.1) is 0 Å². The van der Waals surface area contributed by atoms with E-state index in [-0.39, 0.29) is 0 Å². The number of unbranched alkanes of at least 4 members (excludes halogenated alkanes) is 2. The summed E-state index contributed by atoms with van der Waals surface area (Å²) in [6, 6.07) is 0.545. The molecule has 14 heavy (non-hydrogen) atoms. The molecular formula is C11H25NOS. The van der Waals surface area contributed by atoms with E-state index in [4.69, 9.17) is 0 Å². The molecule has 0 saturated carbocycles. The Hall–Kier alpha value is 0.110. The Morgan fingerprint density at radius 2 is 1.79 bits per heavy atom. The molecule has 0 heterocycles. The monoisotopic (exact) mass is 219 g/mol.